The Morgan fingerprint density at radius 3 is 2.42 bits per heavy atom. The van der Waals surface area contributed by atoms with Gasteiger partial charge in [-0.3, -0.25) is 9.59 Å². The molecule has 0 radical (unpaired) electrons. The molecular weight excluding hydrogens is 308 g/mol. The highest BCUT2D eigenvalue weighted by molar-refractivity contribution is 5.97. The first-order valence-corrected chi connectivity index (χ1v) is 8.13. The van der Waals surface area contributed by atoms with Gasteiger partial charge < -0.3 is 21.3 Å². The molecule has 0 unspecified atom stereocenters. The van der Waals surface area contributed by atoms with Gasteiger partial charge in [-0.25, -0.2) is 4.79 Å². The fourth-order valence-electron chi connectivity index (χ4n) is 1.90. The Morgan fingerprint density at radius 1 is 1.08 bits per heavy atom. The lowest BCUT2D eigenvalue weighted by Gasteiger charge is -2.17. The van der Waals surface area contributed by atoms with Crippen molar-refractivity contribution in [2.75, 3.05) is 11.9 Å². The van der Waals surface area contributed by atoms with E-state index in [0.29, 0.717) is 17.8 Å². The summed E-state index contributed by atoms with van der Waals surface area (Å²) in [4.78, 5) is 35.7. The fraction of sp³-hybridized carbons (Fsp3) is 0.471. The van der Waals surface area contributed by atoms with Crippen molar-refractivity contribution >= 4 is 23.5 Å². The van der Waals surface area contributed by atoms with Gasteiger partial charge in [-0.05, 0) is 45.4 Å². The van der Waals surface area contributed by atoms with Gasteiger partial charge in [-0.15, -0.1) is 0 Å². The van der Waals surface area contributed by atoms with Crippen LogP contribution in [0.1, 0.15) is 44.5 Å². The van der Waals surface area contributed by atoms with Crippen LogP contribution in [0.15, 0.2) is 24.3 Å². The molecular formula is C17H26N4O3. The molecule has 24 heavy (non-hydrogen) atoms. The number of benzene rings is 1. The molecule has 0 aliphatic carbocycles. The van der Waals surface area contributed by atoms with E-state index >= 15 is 0 Å². The third-order valence-electron chi connectivity index (χ3n) is 3.46. The number of anilines is 1. The largest absolute Gasteiger partial charge is 0.352 e. The van der Waals surface area contributed by atoms with Gasteiger partial charge in [0.2, 0.25) is 5.91 Å². The molecule has 4 amide bonds. The summed E-state index contributed by atoms with van der Waals surface area (Å²) < 4.78 is 0. The lowest BCUT2D eigenvalue weighted by molar-refractivity contribution is -0.123. The zero-order valence-electron chi connectivity index (χ0n) is 14.6. The zero-order valence-corrected chi connectivity index (χ0v) is 14.6. The topological polar surface area (TPSA) is 99.3 Å². The highest BCUT2D eigenvalue weighted by atomic mass is 16.2. The van der Waals surface area contributed by atoms with E-state index in [1.54, 1.807) is 31.2 Å². The number of carbonyl (C=O) groups excluding carboxylic acids is 3. The molecule has 4 N–H and O–H groups in total. The summed E-state index contributed by atoms with van der Waals surface area (Å²) in [6.45, 7) is 7.84. The summed E-state index contributed by atoms with van der Waals surface area (Å²) in [5, 5.41) is 10.7. The molecule has 1 aromatic carbocycles. The molecule has 0 aliphatic rings. The van der Waals surface area contributed by atoms with Crippen LogP contribution >= 0.6 is 0 Å². The van der Waals surface area contributed by atoms with Crippen LogP contribution in [0.2, 0.25) is 0 Å². The van der Waals surface area contributed by atoms with E-state index in [4.69, 9.17) is 0 Å². The Hall–Kier alpha value is -2.57. The molecule has 1 rings (SSSR count). The van der Waals surface area contributed by atoms with Gasteiger partial charge in [-0.2, -0.15) is 0 Å². The standard InChI is InChI=1S/C17H26N4O3/c1-5-11(3)19-15(22)12(4)20-17(24)21-14-9-7-8-13(10-14)16(23)18-6-2/h7-12H,5-6H2,1-4H3,(H,18,23)(H,19,22)(H2,20,21,24)/t11-,12+/m1/s1. The smallest absolute Gasteiger partial charge is 0.319 e. The molecule has 0 saturated carbocycles. The van der Waals surface area contributed by atoms with E-state index in [1.807, 2.05) is 20.8 Å². The van der Waals surface area contributed by atoms with E-state index in [0.717, 1.165) is 6.42 Å². The van der Waals surface area contributed by atoms with Gasteiger partial charge in [-0.1, -0.05) is 13.0 Å². The highest BCUT2D eigenvalue weighted by Crippen LogP contribution is 2.10. The Balaban J connectivity index is 2.60. The first kappa shape index (κ1) is 19.5. The predicted octanol–water partition coefficient (Wildman–Crippen LogP) is 1.86. The Labute approximate surface area is 142 Å². The zero-order chi connectivity index (χ0) is 18.1. The molecule has 0 fully saturated rings. The van der Waals surface area contributed by atoms with Crippen molar-refractivity contribution in [3.63, 3.8) is 0 Å². The van der Waals surface area contributed by atoms with Crippen molar-refractivity contribution in [3.8, 4) is 0 Å². The third-order valence-corrected chi connectivity index (χ3v) is 3.46. The van der Waals surface area contributed by atoms with Gasteiger partial charge in [0, 0.05) is 23.8 Å². The molecule has 132 valence electrons. The first-order valence-electron chi connectivity index (χ1n) is 8.13. The monoisotopic (exact) mass is 334 g/mol. The van der Waals surface area contributed by atoms with E-state index < -0.39 is 12.1 Å². The molecule has 0 heterocycles. The summed E-state index contributed by atoms with van der Waals surface area (Å²) >= 11 is 0. The first-order chi connectivity index (χ1) is 11.4. The average Bonchev–Trinajstić information content (AvgIpc) is 2.54. The van der Waals surface area contributed by atoms with Gasteiger partial charge >= 0.3 is 6.03 Å². The minimum absolute atomic E-state index is 0.0542. The molecule has 1 aromatic rings. The summed E-state index contributed by atoms with van der Waals surface area (Å²) in [7, 11) is 0. The maximum absolute atomic E-state index is 12.0. The van der Waals surface area contributed by atoms with Crippen LogP contribution in [0.4, 0.5) is 10.5 Å². The van der Waals surface area contributed by atoms with E-state index in [9.17, 15) is 14.4 Å². The Morgan fingerprint density at radius 2 is 1.79 bits per heavy atom. The van der Waals surface area contributed by atoms with Crippen molar-refractivity contribution < 1.29 is 14.4 Å². The molecule has 0 spiro atoms. The summed E-state index contributed by atoms with van der Waals surface area (Å²) in [6.07, 6.45) is 0.817. The molecule has 7 nitrogen and oxygen atoms in total. The summed E-state index contributed by atoms with van der Waals surface area (Å²) in [5.74, 6) is -0.446. The second-order valence-electron chi connectivity index (χ2n) is 5.58. The molecule has 0 aliphatic heterocycles. The Kier molecular flexibility index (Phi) is 7.74. The van der Waals surface area contributed by atoms with Crippen molar-refractivity contribution in [1.82, 2.24) is 16.0 Å². The summed E-state index contributed by atoms with van der Waals surface area (Å²) in [6, 6.07) is 5.48. The van der Waals surface area contributed by atoms with Crippen LogP contribution < -0.4 is 21.3 Å². The van der Waals surface area contributed by atoms with Crippen molar-refractivity contribution in [2.24, 2.45) is 0 Å². The Bertz CT molecular complexity index is 589. The van der Waals surface area contributed by atoms with Crippen LogP contribution in [-0.2, 0) is 4.79 Å². The normalized spacial score (nSPS) is 12.7. The average molecular weight is 334 g/mol. The number of hydrogen-bond acceptors (Lipinski definition) is 3. The molecule has 0 aromatic heterocycles. The molecule has 0 bridgehead atoms. The van der Waals surface area contributed by atoms with Gasteiger partial charge in [0.1, 0.15) is 6.04 Å². The second kappa shape index (κ2) is 9.54. The van der Waals surface area contributed by atoms with E-state index in [2.05, 4.69) is 21.3 Å². The van der Waals surface area contributed by atoms with Crippen molar-refractivity contribution in [2.45, 2.75) is 46.2 Å². The number of carbonyl (C=O) groups is 3. The highest BCUT2D eigenvalue weighted by Gasteiger charge is 2.17. The van der Waals surface area contributed by atoms with Crippen LogP contribution in [0, 0.1) is 0 Å². The lowest BCUT2D eigenvalue weighted by atomic mass is 10.2. The van der Waals surface area contributed by atoms with E-state index in [1.165, 1.54) is 0 Å². The van der Waals surface area contributed by atoms with Crippen LogP contribution in [0.5, 0.6) is 0 Å². The number of amides is 4. The van der Waals surface area contributed by atoms with Gasteiger partial charge in [0.15, 0.2) is 0 Å². The number of hydrogen-bond donors (Lipinski definition) is 4. The maximum atomic E-state index is 12.0. The maximum Gasteiger partial charge on any atom is 0.319 e. The van der Waals surface area contributed by atoms with Crippen LogP contribution in [-0.4, -0.2) is 36.5 Å². The van der Waals surface area contributed by atoms with Gasteiger partial charge in [0.05, 0.1) is 0 Å². The van der Waals surface area contributed by atoms with Crippen LogP contribution in [0.3, 0.4) is 0 Å². The molecule has 2 atom stereocenters. The SMILES string of the molecule is CCNC(=O)c1cccc(NC(=O)N[C@@H](C)C(=O)N[C@H](C)CC)c1. The number of urea groups is 1. The number of nitrogens with one attached hydrogen (secondary N) is 4. The molecule has 0 saturated heterocycles. The fourth-order valence-corrected chi connectivity index (χ4v) is 1.90. The van der Waals surface area contributed by atoms with Crippen LogP contribution in [0.25, 0.3) is 0 Å². The van der Waals surface area contributed by atoms with Crippen molar-refractivity contribution in [3.05, 3.63) is 29.8 Å². The predicted molar refractivity (Wildman–Crippen MR) is 94.0 cm³/mol. The summed E-state index contributed by atoms with van der Waals surface area (Å²) in [5.41, 5.74) is 0.933. The minimum Gasteiger partial charge on any atom is -0.352 e. The number of rotatable bonds is 7. The quantitative estimate of drug-likeness (QED) is 0.612. The third kappa shape index (κ3) is 6.28. The van der Waals surface area contributed by atoms with Crippen molar-refractivity contribution in [1.29, 1.82) is 0 Å². The second-order valence-corrected chi connectivity index (χ2v) is 5.58. The van der Waals surface area contributed by atoms with E-state index in [-0.39, 0.29) is 17.9 Å². The minimum atomic E-state index is -0.662. The lowest BCUT2D eigenvalue weighted by Crippen LogP contribution is -2.48. The molecule has 7 heteroatoms. The van der Waals surface area contributed by atoms with Gasteiger partial charge in [0.25, 0.3) is 5.91 Å².